The topological polar surface area (TPSA) is 71.1 Å². The van der Waals surface area contributed by atoms with Crippen molar-refractivity contribution < 1.29 is 9.59 Å². The standard InChI is InChI=1S/C18H22ClN3O2S/c1-4-8-14-15(5-2)25-18(21-14)22-16(23)11(3)20-17(24)12-9-6-7-10-13(12)19/h6-7,9-11H,4-5,8H2,1-3H3,(H,20,24)(H,21,22,23). The second-order valence-electron chi connectivity index (χ2n) is 5.66. The Morgan fingerprint density at radius 3 is 2.64 bits per heavy atom. The lowest BCUT2D eigenvalue weighted by molar-refractivity contribution is -0.117. The molecule has 0 fully saturated rings. The monoisotopic (exact) mass is 379 g/mol. The molecule has 0 aliphatic carbocycles. The van der Waals surface area contributed by atoms with Crippen molar-refractivity contribution in [3.8, 4) is 0 Å². The van der Waals surface area contributed by atoms with Gasteiger partial charge in [0.1, 0.15) is 6.04 Å². The van der Waals surface area contributed by atoms with Gasteiger partial charge in [0, 0.05) is 4.88 Å². The number of nitrogens with zero attached hydrogens (tertiary/aromatic N) is 1. The third-order valence-electron chi connectivity index (χ3n) is 3.68. The highest BCUT2D eigenvalue weighted by Gasteiger charge is 2.20. The highest BCUT2D eigenvalue weighted by atomic mass is 35.5. The summed E-state index contributed by atoms with van der Waals surface area (Å²) >= 11 is 7.49. The lowest BCUT2D eigenvalue weighted by Gasteiger charge is -2.13. The van der Waals surface area contributed by atoms with E-state index in [4.69, 9.17) is 11.6 Å². The minimum Gasteiger partial charge on any atom is -0.340 e. The van der Waals surface area contributed by atoms with Crippen LogP contribution >= 0.6 is 22.9 Å². The molecule has 0 saturated carbocycles. The average Bonchev–Trinajstić information content (AvgIpc) is 2.97. The van der Waals surface area contributed by atoms with Crippen molar-refractivity contribution in [1.29, 1.82) is 0 Å². The molecule has 2 N–H and O–H groups in total. The van der Waals surface area contributed by atoms with Gasteiger partial charge in [0.05, 0.1) is 16.3 Å². The van der Waals surface area contributed by atoms with Gasteiger partial charge in [-0.25, -0.2) is 4.98 Å². The van der Waals surface area contributed by atoms with Crippen LogP contribution in [0.4, 0.5) is 5.13 Å². The molecule has 0 spiro atoms. The average molecular weight is 380 g/mol. The molecule has 2 aromatic rings. The Balaban J connectivity index is 2.01. The quantitative estimate of drug-likeness (QED) is 0.761. The molecular formula is C18H22ClN3O2S. The first-order valence-corrected chi connectivity index (χ1v) is 9.50. The summed E-state index contributed by atoms with van der Waals surface area (Å²) in [6.07, 6.45) is 2.80. The number of carbonyl (C=O) groups is 2. The Labute approximate surface area is 156 Å². The molecule has 7 heteroatoms. The zero-order valence-corrected chi connectivity index (χ0v) is 16.1. The molecule has 2 amide bonds. The molecule has 1 aromatic heterocycles. The second kappa shape index (κ2) is 8.97. The summed E-state index contributed by atoms with van der Waals surface area (Å²) in [7, 11) is 0. The number of nitrogens with one attached hydrogen (secondary N) is 2. The van der Waals surface area contributed by atoms with Gasteiger partial charge in [-0.15, -0.1) is 11.3 Å². The van der Waals surface area contributed by atoms with Crippen LogP contribution in [-0.4, -0.2) is 22.8 Å². The van der Waals surface area contributed by atoms with E-state index in [1.165, 1.54) is 16.2 Å². The van der Waals surface area contributed by atoms with E-state index in [1.54, 1.807) is 31.2 Å². The number of carbonyl (C=O) groups excluding carboxylic acids is 2. The van der Waals surface area contributed by atoms with Crippen molar-refractivity contribution in [3.63, 3.8) is 0 Å². The van der Waals surface area contributed by atoms with E-state index < -0.39 is 6.04 Å². The summed E-state index contributed by atoms with van der Waals surface area (Å²) < 4.78 is 0. The van der Waals surface area contributed by atoms with Crippen LogP contribution in [0.2, 0.25) is 5.02 Å². The lowest BCUT2D eigenvalue weighted by Crippen LogP contribution is -2.41. The van der Waals surface area contributed by atoms with Crippen LogP contribution in [-0.2, 0) is 17.6 Å². The van der Waals surface area contributed by atoms with Gasteiger partial charge in [-0.3, -0.25) is 9.59 Å². The number of benzene rings is 1. The van der Waals surface area contributed by atoms with Gasteiger partial charge in [-0.05, 0) is 31.9 Å². The number of aromatic nitrogens is 1. The number of hydrogen-bond donors (Lipinski definition) is 2. The molecule has 1 atom stereocenters. The van der Waals surface area contributed by atoms with Crippen molar-refractivity contribution in [2.45, 2.75) is 46.1 Å². The van der Waals surface area contributed by atoms with Crippen molar-refractivity contribution in [2.75, 3.05) is 5.32 Å². The predicted octanol–water partition coefficient (Wildman–Crippen LogP) is 4.07. The van der Waals surface area contributed by atoms with Crippen molar-refractivity contribution in [1.82, 2.24) is 10.3 Å². The Morgan fingerprint density at radius 1 is 1.28 bits per heavy atom. The van der Waals surface area contributed by atoms with Crippen LogP contribution in [0.25, 0.3) is 0 Å². The lowest BCUT2D eigenvalue weighted by atomic mass is 10.2. The zero-order valence-electron chi connectivity index (χ0n) is 14.6. The third kappa shape index (κ3) is 5.03. The number of amides is 2. The van der Waals surface area contributed by atoms with Gasteiger partial charge in [0.25, 0.3) is 5.91 Å². The van der Waals surface area contributed by atoms with Gasteiger partial charge < -0.3 is 10.6 Å². The van der Waals surface area contributed by atoms with E-state index >= 15 is 0 Å². The SMILES string of the molecule is CCCc1nc(NC(=O)C(C)NC(=O)c2ccccc2Cl)sc1CC. The molecule has 0 radical (unpaired) electrons. The van der Waals surface area contributed by atoms with Crippen molar-refractivity contribution in [2.24, 2.45) is 0 Å². The van der Waals surface area contributed by atoms with E-state index in [9.17, 15) is 9.59 Å². The number of hydrogen-bond acceptors (Lipinski definition) is 4. The third-order valence-corrected chi connectivity index (χ3v) is 5.16. The first-order valence-electron chi connectivity index (χ1n) is 8.31. The number of aryl methyl sites for hydroxylation is 2. The van der Waals surface area contributed by atoms with Crippen LogP contribution in [0.5, 0.6) is 0 Å². The molecule has 0 aliphatic rings. The molecule has 25 heavy (non-hydrogen) atoms. The number of thiazole rings is 1. The zero-order chi connectivity index (χ0) is 18.4. The Kier molecular flexibility index (Phi) is 6.96. The first kappa shape index (κ1) is 19.4. The smallest absolute Gasteiger partial charge is 0.253 e. The summed E-state index contributed by atoms with van der Waals surface area (Å²) in [4.78, 5) is 30.3. The highest BCUT2D eigenvalue weighted by Crippen LogP contribution is 2.24. The minimum absolute atomic E-state index is 0.306. The molecular weight excluding hydrogens is 358 g/mol. The Hall–Kier alpha value is -1.92. The van der Waals surface area contributed by atoms with Crippen LogP contribution < -0.4 is 10.6 Å². The molecule has 134 valence electrons. The maximum atomic E-state index is 12.3. The van der Waals surface area contributed by atoms with E-state index in [-0.39, 0.29) is 11.8 Å². The minimum atomic E-state index is -0.702. The normalized spacial score (nSPS) is 11.8. The molecule has 0 aliphatic heterocycles. The maximum absolute atomic E-state index is 12.3. The number of rotatable bonds is 7. The van der Waals surface area contributed by atoms with E-state index in [0.717, 1.165) is 25.0 Å². The fraction of sp³-hybridized carbons (Fsp3) is 0.389. The molecule has 5 nitrogen and oxygen atoms in total. The summed E-state index contributed by atoms with van der Waals surface area (Å²) in [6, 6.07) is 6.03. The van der Waals surface area contributed by atoms with Gasteiger partial charge in [-0.2, -0.15) is 0 Å². The second-order valence-corrected chi connectivity index (χ2v) is 7.15. The fourth-order valence-corrected chi connectivity index (χ4v) is 3.52. The largest absolute Gasteiger partial charge is 0.340 e. The molecule has 0 saturated heterocycles. The van der Waals surface area contributed by atoms with E-state index in [2.05, 4.69) is 29.5 Å². The number of halogens is 1. The van der Waals surface area contributed by atoms with Gasteiger partial charge in [0.2, 0.25) is 5.91 Å². The van der Waals surface area contributed by atoms with E-state index in [0.29, 0.717) is 15.7 Å². The molecule has 1 aromatic carbocycles. The van der Waals surface area contributed by atoms with Crippen LogP contribution in [0.1, 0.15) is 48.1 Å². The van der Waals surface area contributed by atoms with Gasteiger partial charge in [-0.1, -0.05) is 44.0 Å². The Morgan fingerprint density at radius 2 is 2.00 bits per heavy atom. The molecule has 2 rings (SSSR count). The molecule has 1 unspecified atom stereocenters. The van der Waals surface area contributed by atoms with E-state index in [1.807, 2.05) is 0 Å². The fourth-order valence-electron chi connectivity index (χ4n) is 2.34. The van der Waals surface area contributed by atoms with Crippen LogP contribution in [0.15, 0.2) is 24.3 Å². The van der Waals surface area contributed by atoms with Crippen LogP contribution in [0, 0.1) is 0 Å². The van der Waals surface area contributed by atoms with Gasteiger partial charge >= 0.3 is 0 Å². The maximum Gasteiger partial charge on any atom is 0.253 e. The highest BCUT2D eigenvalue weighted by molar-refractivity contribution is 7.15. The summed E-state index contributed by atoms with van der Waals surface area (Å²) in [5.74, 6) is -0.687. The summed E-state index contributed by atoms with van der Waals surface area (Å²) in [5, 5.41) is 6.37. The van der Waals surface area contributed by atoms with Crippen molar-refractivity contribution >= 4 is 39.9 Å². The predicted molar refractivity (Wildman–Crippen MR) is 102 cm³/mol. The summed E-state index contributed by atoms with van der Waals surface area (Å²) in [5.41, 5.74) is 1.38. The number of anilines is 1. The molecule has 1 heterocycles. The summed E-state index contributed by atoms with van der Waals surface area (Å²) in [6.45, 7) is 5.81. The Bertz CT molecular complexity index is 761. The first-order chi connectivity index (χ1) is 12.0. The molecule has 0 bridgehead atoms. The van der Waals surface area contributed by atoms with Crippen LogP contribution in [0.3, 0.4) is 0 Å². The van der Waals surface area contributed by atoms with Crippen molar-refractivity contribution in [3.05, 3.63) is 45.4 Å². The van der Waals surface area contributed by atoms with Gasteiger partial charge in [0.15, 0.2) is 5.13 Å².